The van der Waals surface area contributed by atoms with Crippen molar-refractivity contribution in [1.82, 2.24) is 0 Å². The van der Waals surface area contributed by atoms with Gasteiger partial charge in [0.25, 0.3) is 0 Å². The Bertz CT molecular complexity index is 621. The first kappa shape index (κ1) is 26.9. The molecule has 0 N–H and O–H groups in total. The first-order valence-corrected chi connectivity index (χ1v) is 11.9. The van der Waals surface area contributed by atoms with Crippen LogP contribution in [0.25, 0.3) is 0 Å². The number of aldehydes is 1. The van der Waals surface area contributed by atoms with Crippen molar-refractivity contribution in [2.75, 3.05) is 6.61 Å². The van der Waals surface area contributed by atoms with Gasteiger partial charge in [-0.25, -0.2) is 0 Å². The van der Waals surface area contributed by atoms with Crippen molar-refractivity contribution in [1.29, 1.82) is 0 Å². The monoisotopic (exact) mass is 432 g/mol. The van der Waals surface area contributed by atoms with E-state index in [9.17, 15) is 14.4 Å². The molecular weight excluding hydrogens is 392 g/mol. The smallest absolute Gasteiger partial charge is 0.311 e. The highest BCUT2D eigenvalue weighted by Crippen LogP contribution is 2.15. The summed E-state index contributed by atoms with van der Waals surface area (Å²) in [5, 5.41) is 0. The van der Waals surface area contributed by atoms with Crippen LogP contribution in [0.4, 0.5) is 0 Å². The molecule has 0 bridgehead atoms. The van der Waals surface area contributed by atoms with Gasteiger partial charge in [0.15, 0.2) is 0 Å². The van der Waals surface area contributed by atoms with Crippen LogP contribution < -0.4 is 4.74 Å². The number of hydrogen-bond donors (Lipinski definition) is 0. The molecule has 174 valence electrons. The van der Waals surface area contributed by atoms with Crippen molar-refractivity contribution in [3.8, 4) is 5.75 Å². The van der Waals surface area contributed by atoms with E-state index in [2.05, 4.69) is 13.8 Å². The molecule has 0 saturated carbocycles. The normalized spacial score (nSPS) is 10.8. The number of esters is 2. The Morgan fingerprint density at radius 3 is 1.90 bits per heavy atom. The maximum atomic E-state index is 11.9. The maximum Gasteiger partial charge on any atom is 0.311 e. The molecule has 0 aliphatic carbocycles. The molecule has 1 aromatic carbocycles. The van der Waals surface area contributed by atoms with Gasteiger partial charge in [0.2, 0.25) is 0 Å². The fourth-order valence-corrected chi connectivity index (χ4v) is 3.32. The lowest BCUT2D eigenvalue weighted by Crippen LogP contribution is -2.07. The minimum Gasteiger partial charge on any atom is -0.466 e. The summed E-state index contributed by atoms with van der Waals surface area (Å²) in [6, 6.07) is 7.05. The van der Waals surface area contributed by atoms with E-state index in [1.807, 2.05) is 0 Å². The van der Waals surface area contributed by atoms with Gasteiger partial charge in [0.05, 0.1) is 6.61 Å². The van der Waals surface area contributed by atoms with E-state index in [0.717, 1.165) is 69.6 Å². The van der Waals surface area contributed by atoms with Crippen LogP contribution >= 0.6 is 0 Å². The molecule has 0 aliphatic heterocycles. The molecule has 1 aromatic rings. The lowest BCUT2D eigenvalue weighted by molar-refractivity contribution is -0.144. The molecule has 0 heterocycles. The predicted octanol–water partition coefficient (Wildman–Crippen LogP) is 6.21. The minimum absolute atomic E-state index is 0.0625. The van der Waals surface area contributed by atoms with E-state index in [1.54, 1.807) is 24.3 Å². The van der Waals surface area contributed by atoms with Crippen LogP contribution in [-0.4, -0.2) is 24.8 Å². The summed E-state index contributed by atoms with van der Waals surface area (Å²) in [4.78, 5) is 34.0. The van der Waals surface area contributed by atoms with Crippen LogP contribution in [0.2, 0.25) is 0 Å². The first-order valence-electron chi connectivity index (χ1n) is 11.9. The third kappa shape index (κ3) is 15.3. The van der Waals surface area contributed by atoms with Gasteiger partial charge in [-0.1, -0.05) is 64.5 Å². The van der Waals surface area contributed by atoms with Crippen LogP contribution in [0.5, 0.6) is 5.75 Å². The zero-order valence-electron chi connectivity index (χ0n) is 19.4. The average molecular weight is 433 g/mol. The van der Waals surface area contributed by atoms with Gasteiger partial charge >= 0.3 is 11.9 Å². The number of carbonyl (C=O) groups excluding carboxylic acids is 3. The molecule has 1 rings (SSSR count). The van der Waals surface area contributed by atoms with Crippen LogP contribution in [0, 0.1) is 5.92 Å². The fourth-order valence-electron chi connectivity index (χ4n) is 3.32. The van der Waals surface area contributed by atoms with Crippen molar-refractivity contribution >= 4 is 18.2 Å². The fraction of sp³-hybridized carbons (Fsp3) is 0.654. The Kier molecular flexibility index (Phi) is 15.2. The van der Waals surface area contributed by atoms with Crippen molar-refractivity contribution in [3.05, 3.63) is 29.8 Å². The molecule has 0 saturated heterocycles. The van der Waals surface area contributed by atoms with E-state index in [-0.39, 0.29) is 11.9 Å². The maximum absolute atomic E-state index is 11.9. The third-order valence-corrected chi connectivity index (χ3v) is 5.17. The third-order valence-electron chi connectivity index (χ3n) is 5.17. The van der Waals surface area contributed by atoms with E-state index >= 15 is 0 Å². The topological polar surface area (TPSA) is 69.7 Å². The van der Waals surface area contributed by atoms with Gasteiger partial charge in [0.1, 0.15) is 12.0 Å². The predicted molar refractivity (Wildman–Crippen MR) is 123 cm³/mol. The first-order chi connectivity index (χ1) is 15.0. The van der Waals surface area contributed by atoms with Crippen LogP contribution in [0.1, 0.15) is 96.5 Å². The van der Waals surface area contributed by atoms with Crippen molar-refractivity contribution in [2.24, 2.45) is 5.92 Å². The van der Waals surface area contributed by atoms with E-state index < -0.39 is 0 Å². The number of carbonyl (C=O) groups is 3. The van der Waals surface area contributed by atoms with E-state index in [4.69, 9.17) is 9.47 Å². The highest BCUT2D eigenvalue weighted by atomic mass is 16.5. The molecule has 0 amide bonds. The molecule has 5 nitrogen and oxygen atoms in total. The summed E-state index contributed by atoms with van der Waals surface area (Å²) in [6.07, 6.45) is 12.7. The van der Waals surface area contributed by atoms with Gasteiger partial charge in [-0.3, -0.25) is 9.59 Å². The molecule has 31 heavy (non-hydrogen) atoms. The lowest BCUT2D eigenvalue weighted by atomic mass is 10.1. The average Bonchev–Trinajstić information content (AvgIpc) is 2.74. The number of rotatable bonds is 18. The molecule has 0 aliphatic rings. The van der Waals surface area contributed by atoms with Crippen LogP contribution in [0.3, 0.4) is 0 Å². The second kappa shape index (κ2) is 17.5. The summed E-state index contributed by atoms with van der Waals surface area (Å²) in [6.45, 7) is 4.91. The molecule has 0 spiro atoms. The quantitative estimate of drug-likeness (QED) is 0.119. The van der Waals surface area contributed by atoms with Crippen molar-refractivity contribution < 1.29 is 23.9 Å². The summed E-state index contributed by atoms with van der Waals surface area (Å²) in [5.41, 5.74) is 0.909. The lowest BCUT2D eigenvalue weighted by Gasteiger charge is -2.06. The summed E-state index contributed by atoms with van der Waals surface area (Å²) in [5.74, 6) is 0.914. The molecule has 5 heteroatoms. The number of unbranched alkanes of at least 4 members (excludes halogenated alkanes) is 7. The van der Waals surface area contributed by atoms with Gasteiger partial charge in [0, 0.05) is 19.3 Å². The Hall–Kier alpha value is -2.17. The summed E-state index contributed by atoms with van der Waals surface area (Å²) in [7, 11) is 0. The second-order valence-corrected chi connectivity index (χ2v) is 8.57. The molecule has 0 aromatic heterocycles. The molecule has 0 fully saturated rings. The van der Waals surface area contributed by atoms with Crippen LogP contribution in [-0.2, 0) is 25.5 Å². The Morgan fingerprint density at radius 2 is 1.35 bits per heavy atom. The van der Waals surface area contributed by atoms with Gasteiger partial charge in [-0.15, -0.1) is 0 Å². The zero-order chi connectivity index (χ0) is 22.7. The SMILES string of the molecule is CC(C)CCCOC(=O)CCCCCCCCCCC(=O)Oc1ccc(CC=O)cc1. The minimum atomic E-state index is -0.209. The summed E-state index contributed by atoms with van der Waals surface area (Å²) < 4.78 is 10.6. The Balaban J connectivity index is 1.91. The number of ether oxygens (including phenoxy) is 2. The van der Waals surface area contributed by atoms with E-state index in [1.165, 1.54) is 6.42 Å². The van der Waals surface area contributed by atoms with Crippen molar-refractivity contribution in [2.45, 2.75) is 97.3 Å². The Morgan fingerprint density at radius 1 is 0.806 bits per heavy atom. The number of hydrogen-bond acceptors (Lipinski definition) is 5. The van der Waals surface area contributed by atoms with Gasteiger partial charge in [-0.2, -0.15) is 0 Å². The largest absolute Gasteiger partial charge is 0.466 e. The molecule has 0 atom stereocenters. The number of benzene rings is 1. The van der Waals surface area contributed by atoms with E-state index in [0.29, 0.717) is 37.5 Å². The van der Waals surface area contributed by atoms with Crippen molar-refractivity contribution in [3.63, 3.8) is 0 Å². The standard InChI is InChI=1S/C26H40O5/c1-22(2)12-11-21-30-25(28)13-9-7-5-3-4-6-8-10-14-26(29)31-24-17-15-23(16-18-24)19-20-27/h15-18,20,22H,3-14,19,21H2,1-2H3. The molecule has 0 unspecified atom stereocenters. The summed E-state index contributed by atoms with van der Waals surface area (Å²) >= 11 is 0. The molecular formula is C26H40O5. The second-order valence-electron chi connectivity index (χ2n) is 8.57. The Labute approximate surface area is 187 Å². The highest BCUT2D eigenvalue weighted by Gasteiger charge is 2.05. The molecule has 0 radical (unpaired) electrons. The van der Waals surface area contributed by atoms with Crippen LogP contribution in [0.15, 0.2) is 24.3 Å². The highest BCUT2D eigenvalue weighted by molar-refractivity contribution is 5.72. The van der Waals surface area contributed by atoms with Gasteiger partial charge < -0.3 is 14.3 Å². The van der Waals surface area contributed by atoms with Gasteiger partial charge in [-0.05, 0) is 49.3 Å². The zero-order valence-corrected chi connectivity index (χ0v) is 19.4.